The molecule has 0 saturated carbocycles. The van der Waals surface area contributed by atoms with Gasteiger partial charge in [0.05, 0.1) is 26.9 Å². The fourth-order valence-electron chi connectivity index (χ4n) is 1.82. The van der Waals surface area contributed by atoms with Crippen LogP contribution in [0.15, 0.2) is 27.4 Å². The summed E-state index contributed by atoms with van der Waals surface area (Å²) in [5.74, 6) is 1.08. The fourth-order valence-corrected chi connectivity index (χ4v) is 1.82. The molecule has 5 nitrogen and oxygen atoms in total. The topological polar surface area (TPSA) is 57.9 Å². The quantitative estimate of drug-likeness (QED) is 0.830. The van der Waals surface area contributed by atoms with E-state index in [0.717, 1.165) is 6.42 Å². The van der Waals surface area contributed by atoms with Gasteiger partial charge in [0.1, 0.15) is 11.0 Å². The SMILES string of the molecule is CCCOc1cc(=O)c2c(OC)c(OC)ccc2o1. The van der Waals surface area contributed by atoms with Crippen molar-refractivity contribution in [1.82, 2.24) is 0 Å². The van der Waals surface area contributed by atoms with Crippen LogP contribution in [0.1, 0.15) is 13.3 Å². The van der Waals surface area contributed by atoms with Crippen LogP contribution in [0.4, 0.5) is 0 Å². The Morgan fingerprint density at radius 1 is 1.21 bits per heavy atom. The van der Waals surface area contributed by atoms with E-state index in [4.69, 9.17) is 18.6 Å². The first-order valence-electron chi connectivity index (χ1n) is 6.03. The van der Waals surface area contributed by atoms with E-state index in [1.54, 1.807) is 12.1 Å². The molecule has 0 aliphatic heterocycles. The van der Waals surface area contributed by atoms with Gasteiger partial charge in [-0.2, -0.15) is 0 Å². The van der Waals surface area contributed by atoms with E-state index in [-0.39, 0.29) is 11.4 Å². The molecule has 0 aliphatic rings. The van der Waals surface area contributed by atoms with E-state index in [0.29, 0.717) is 29.1 Å². The van der Waals surface area contributed by atoms with Gasteiger partial charge in [0, 0.05) is 0 Å². The van der Waals surface area contributed by atoms with Crippen molar-refractivity contribution in [2.75, 3.05) is 20.8 Å². The Kier molecular flexibility index (Phi) is 3.94. The van der Waals surface area contributed by atoms with Crippen molar-refractivity contribution in [1.29, 1.82) is 0 Å². The summed E-state index contributed by atoms with van der Waals surface area (Å²) in [4.78, 5) is 12.1. The number of methoxy groups -OCH3 is 2. The number of ether oxygens (including phenoxy) is 3. The Bertz CT molecular complexity index is 630. The maximum Gasteiger partial charge on any atom is 0.288 e. The lowest BCUT2D eigenvalue weighted by Crippen LogP contribution is -2.05. The molecule has 19 heavy (non-hydrogen) atoms. The van der Waals surface area contributed by atoms with Crippen LogP contribution in [-0.4, -0.2) is 20.8 Å². The van der Waals surface area contributed by atoms with E-state index in [9.17, 15) is 4.79 Å². The number of hydrogen-bond acceptors (Lipinski definition) is 5. The van der Waals surface area contributed by atoms with Gasteiger partial charge < -0.3 is 18.6 Å². The molecule has 102 valence electrons. The summed E-state index contributed by atoms with van der Waals surface area (Å²) in [6.45, 7) is 2.48. The molecule has 0 atom stereocenters. The second kappa shape index (κ2) is 5.65. The number of rotatable bonds is 5. The fraction of sp³-hybridized carbons (Fsp3) is 0.357. The molecule has 0 aliphatic carbocycles. The van der Waals surface area contributed by atoms with Crippen LogP contribution < -0.4 is 19.6 Å². The highest BCUT2D eigenvalue weighted by atomic mass is 16.6. The molecular weight excluding hydrogens is 248 g/mol. The molecule has 1 aromatic heterocycles. The average molecular weight is 264 g/mol. The molecular formula is C14H16O5. The lowest BCUT2D eigenvalue weighted by molar-refractivity contribution is 0.245. The predicted molar refractivity (Wildman–Crippen MR) is 71.4 cm³/mol. The molecule has 0 unspecified atom stereocenters. The molecule has 2 aromatic rings. The van der Waals surface area contributed by atoms with Crippen LogP contribution in [0, 0.1) is 0 Å². The molecule has 1 aromatic carbocycles. The van der Waals surface area contributed by atoms with Crippen molar-refractivity contribution in [3.63, 3.8) is 0 Å². The second-order valence-corrected chi connectivity index (χ2v) is 3.95. The van der Waals surface area contributed by atoms with Crippen molar-refractivity contribution in [3.05, 3.63) is 28.4 Å². The minimum Gasteiger partial charge on any atom is -0.493 e. The molecule has 2 rings (SSSR count). The number of hydrogen-bond donors (Lipinski definition) is 0. The summed E-state index contributed by atoms with van der Waals surface area (Å²) >= 11 is 0. The second-order valence-electron chi connectivity index (χ2n) is 3.95. The Hall–Kier alpha value is -2.17. The van der Waals surface area contributed by atoms with Gasteiger partial charge in [0.25, 0.3) is 5.95 Å². The molecule has 0 bridgehead atoms. The van der Waals surface area contributed by atoms with E-state index in [1.807, 2.05) is 6.92 Å². The van der Waals surface area contributed by atoms with Gasteiger partial charge in [-0.3, -0.25) is 4.79 Å². The smallest absolute Gasteiger partial charge is 0.288 e. The van der Waals surface area contributed by atoms with E-state index in [2.05, 4.69) is 0 Å². The monoisotopic (exact) mass is 264 g/mol. The third kappa shape index (κ3) is 2.50. The van der Waals surface area contributed by atoms with Crippen LogP contribution in [0.3, 0.4) is 0 Å². The number of fused-ring (bicyclic) bond motifs is 1. The summed E-state index contributed by atoms with van der Waals surface area (Å²) in [7, 11) is 3.00. The van der Waals surface area contributed by atoms with Gasteiger partial charge in [-0.1, -0.05) is 6.92 Å². The Morgan fingerprint density at radius 2 is 2.00 bits per heavy atom. The highest BCUT2D eigenvalue weighted by molar-refractivity contribution is 5.86. The lowest BCUT2D eigenvalue weighted by atomic mass is 10.2. The first-order valence-corrected chi connectivity index (χ1v) is 6.03. The van der Waals surface area contributed by atoms with Gasteiger partial charge in [-0.15, -0.1) is 0 Å². The normalized spacial score (nSPS) is 10.5. The summed E-state index contributed by atoms with van der Waals surface area (Å²) in [5.41, 5.74) is 0.194. The molecule has 0 amide bonds. The third-order valence-corrected chi connectivity index (χ3v) is 2.66. The molecule has 5 heteroatoms. The molecule has 0 fully saturated rings. The zero-order chi connectivity index (χ0) is 13.8. The van der Waals surface area contributed by atoms with Crippen molar-refractivity contribution >= 4 is 11.0 Å². The molecule has 0 N–H and O–H groups in total. The summed E-state index contributed by atoms with van der Waals surface area (Å²) in [6.07, 6.45) is 0.841. The Labute approximate surface area is 110 Å². The zero-order valence-electron chi connectivity index (χ0n) is 11.2. The summed E-state index contributed by atoms with van der Waals surface area (Å²) < 4.78 is 21.2. The first-order chi connectivity index (χ1) is 9.21. The minimum atomic E-state index is -0.219. The maximum absolute atomic E-state index is 12.1. The van der Waals surface area contributed by atoms with Crippen molar-refractivity contribution in [2.24, 2.45) is 0 Å². The van der Waals surface area contributed by atoms with Crippen LogP contribution in [0.25, 0.3) is 11.0 Å². The van der Waals surface area contributed by atoms with Crippen LogP contribution >= 0.6 is 0 Å². The standard InChI is InChI=1S/C14H16O5/c1-4-7-18-12-8-9(15)13-10(19-12)5-6-11(16-2)14(13)17-3/h5-6,8H,4,7H2,1-3H3. The van der Waals surface area contributed by atoms with Crippen molar-refractivity contribution < 1.29 is 18.6 Å². The van der Waals surface area contributed by atoms with Gasteiger partial charge >= 0.3 is 0 Å². The highest BCUT2D eigenvalue weighted by Gasteiger charge is 2.15. The molecule has 0 saturated heterocycles. The van der Waals surface area contributed by atoms with Gasteiger partial charge in [-0.25, -0.2) is 0 Å². The van der Waals surface area contributed by atoms with E-state index in [1.165, 1.54) is 20.3 Å². The highest BCUT2D eigenvalue weighted by Crippen LogP contribution is 2.34. The first kappa shape index (κ1) is 13.3. The Morgan fingerprint density at radius 3 is 2.63 bits per heavy atom. The van der Waals surface area contributed by atoms with E-state index < -0.39 is 0 Å². The predicted octanol–water partition coefficient (Wildman–Crippen LogP) is 2.60. The summed E-state index contributed by atoms with van der Waals surface area (Å²) in [6, 6.07) is 4.67. The van der Waals surface area contributed by atoms with Crippen LogP contribution in [0.5, 0.6) is 17.4 Å². The summed E-state index contributed by atoms with van der Waals surface area (Å²) in [5, 5.41) is 0.352. The molecule has 0 spiro atoms. The molecule has 0 radical (unpaired) electrons. The zero-order valence-corrected chi connectivity index (χ0v) is 11.2. The Balaban J connectivity index is 2.62. The number of benzene rings is 1. The van der Waals surface area contributed by atoms with Crippen molar-refractivity contribution in [3.8, 4) is 17.4 Å². The third-order valence-electron chi connectivity index (χ3n) is 2.66. The minimum absolute atomic E-state index is 0.214. The molecule has 1 heterocycles. The van der Waals surface area contributed by atoms with Gasteiger partial charge in [-0.05, 0) is 18.6 Å². The maximum atomic E-state index is 12.1. The average Bonchev–Trinajstić information content (AvgIpc) is 2.43. The van der Waals surface area contributed by atoms with Gasteiger partial charge in [0.15, 0.2) is 11.5 Å². The van der Waals surface area contributed by atoms with Gasteiger partial charge in [0.2, 0.25) is 5.43 Å². The van der Waals surface area contributed by atoms with Crippen LogP contribution in [-0.2, 0) is 0 Å². The van der Waals surface area contributed by atoms with Crippen LogP contribution in [0.2, 0.25) is 0 Å². The van der Waals surface area contributed by atoms with E-state index >= 15 is 0 Å². The lowest BCUT2D eigenvalue weighted by Gasteiger charge is -2.10. The largest absolute Gasteiger partial charge is 0.493 e. The van der Waals surface area contributed by atoms with Crippen molar-refractivity contribution in [2.45, 2.75) is 13.3 Å².